The molecule has 33 heavy (non-hydrogen) atoms. The molecule has 188 valence electrons. The molecule has 0 atom stereocenters. The van der Waals surface area contributed by atoms with Crippen LogP contribution in [0.5, 0.6) is 0 Å². The Morgan fingerprint density at radius 2 is 1.33 bits per heavy atom. The van der Waals surface area contributed by atoms with Gasteiger partial charge in [0.1, 0.15) is 0 Å². The number of nitrogens with one attached hydrogen (secondary N) is 1. The van der Waals surface area contributed by atoms with Gasteiger partial charge in [0.25, 0.3) is 0 Å². The van der Waals surface area contributed by atoms with Crippen molar-refractivity contribution in [1.29, 1.82) is 0 Å². The third-order valence-corrected chi connectivity index (χ3v) is 6.12. The standard InChI is InChI=1S/C26H42N2O4.HI/c1-5-28(6-2,26(31)23-17-19-24(20-18-23)27-22(4)29)21-15-13-11-9-8-10-12-14-16-25(30)32-7-3;/h17-20H,5-16,21H2,1-4H3;1H/p+1. The van der Waals surface area contributed by atoms with Crippen LogP contribution in [-0.4, -0.2) is 48.5 Å². The number of anilines is 1. The molecule has 0 aliphatic carbocycles. The van der Waals surface area contributed by atoms with Gasteiger partial charge in [-0.1, -0.05) is 32.1 Å². The fraction of sp³-hybridized carbons (Fsp3) is 0.654. The third-order valence-electron chi connectivity index (χ3n) is 6.12. The van der Waals surface area contributed by atoms with E-state index in [1.165, 1.54) is 26.2 Å². The minimum atomic E-state index is -0.118. The Morgan fingerprint density at radius 1 is 0.818 bits per heavy atom. The van der Waals surface area contributed by atoms with E-state index in [0.717, 1.165) is 51.7 Å². The second-order valence-corrected chi connectivity index (χ2v) is 8.45. The Hall–Kier alpha value is -1.48. The molecule has 0 saturated heterocycles. The molecule has 0 radical (unpaired) electrons. The number of carbonyl (C=O) groups excluding carboxylic acids is 3. The molecule has 1 aromatic rings. The molecule has 0 bridgehead atoms. The van der Waals surface area contributed by atoms with Crippen molar-refractivity contribution < 1.29 is 23.6 Å². The topological polar surface area (TPSA) is 72.5 Å². The van der Waals surface area contributed by atoms with E-state index < -0.39 is 0 Å². The first-order valence-electron chi connectivity index (χ1n) is 12.3. The van der Waals surface area contributed by atoms with Crippen LogP contribution in [0.25, 0.3) is 0 Å². The summed E-state index contributed by atoms with van der Waals surface area (Å²) < 4.78 is 5.41. The van der Waals surface area contributed by atoms with E-state index in [9.17, 15) is 14.4 Å². The van der Waals surface area contributed by atoms with Gasteiger partial charge in [0.2, 0.25) is 5.91 Å². The van der Waals surface area contributed by atoms with Crippen LogP contribution < -0.4 is 5.32 Å². The Balaban J connectivity index is 0.0000102. The maximum Gasteiger partial charge on any atom is 0.345 e. The molecule has 6 nitrogen and oxygen atoms in total. The lowest BCUT2D eigenvalue weighted by Crippen LogP contribution is -2.53. The highest BCUT2D eigenvalue weighted by Crippen LogP contribution is 2.19. The van der Waals surface area contributed by atoms with Gasteiger partial charge < -0.3 is 10.1 Å². The van der Waals surface area contributed by atoms with E-state index in [-0.39, 0.29) is 41.8 Å². The minimum absolute atomic E-state index is 0. The first-order valence-corrected chi connectivity index (χ1v) is 12.3. The van der Waals surface area contributed by atoms with Crippen LogP contribution in [0.3, 0.4) is 0 Å². The maximum atomic E-state index is 13.3. The van der Waals surface area contributed by atoms with E-state index in [4.69, 9.17) is 4.74 Å². The number of carbonyl (C=O) groups is 3. The van der Waals surface area contributed by atoms with Gasteiger partial charge in [-0.05, 0) is 64.3 Å². The molecule has 0 spiro atoms. The number of nitrogens with zero attached hydrogens (tertiary/aromatic N) is 1. The molecule has 1 N–H and O–H groups in total. The number of quaternary nitrogens is 1. The van der Waals surface area contributed by atoms with Crippen LogP contribution in [-0.2, 0) is 14.3 Å². The van der Waals surface area contributed by atoms with Crippen LogP contribution in [0.4, 0.5) is 5.69 Å². The second kappa shape index (κ2) is 17.9. The van der Waals surface area contributed by atoms with Crippen LogP contribution in [0.15, 0.2) is 24.3 Å². The van der Waals surface area contributed by atoms with Crippen molar-refractivity contribution in [3.05, 3.63) is 29.8 Å². The number of amides is 2. The summed E-state index contributed by atoms with van der Waals surface area (Å²) in [6, 6.07) is 7.21. The lowest BCUT2D eigenvalue weighted by molar-refractivity contribution is -0.845. The highest BCUT2D eigenvalue weighted by molar-refractivity contribution is 14.0. The highest BCUT2D eigenvalue weighted by Gasteiger charge is 2.33. The summed E-state index contributed by atoms with van der Waals surface area (Å²) in [5, 5.41) is 2.74. The second-order valence-electron chi connectivity index (χ2n) is 8.45. The molecule has 1 aromatic carbocycles. The molecule has 0 unspecified atom stereocenters. The number of benzene rings is 1. The van der Waals surface area contributed by atoms with E-state index in [2.05, 4.69) is 19.2 Å². The molecule has 7 heteroatoms. The minimum Gasteiger partial charge on any atom is -0.466 e. The van der Waals surface area contributed by atoms with Crippen molar-refractivity contribution in [3.63, 3.8) is 0 Å². The van der Waals surface area contributed by atoms with Crippen molar-refractivity contribution in [2.45, 2.75) is 85.5 Å². The van der Waals surface area contributed by atoms with Crippen LogP contribution >= 0.6 is 24.0 Å². The molecular formula is C26H44IN2O4+. The van der Waals surface area contributed by atoms with Gasteiger partial charge in [-0.3, -0.25) is 14.1 Å². The molecule has 0 aliphatic heterocycles. The Bertz CT molecular complexity index is 703. The van der Waals surface area contributed by atoms with Crippen LogP contribution in [0, 0.1) is 0 Å². The van der Waals surface area contributed by atoms with Gasteiger partial charge in [0, 0.05) is 19.0 Å². The van der Waals surface area contributed by atoms with Gasteiger partial charge in [-0.25, -0.2) is 4.79 Å². The fourth-order valence-corrected chi connectivity index (χ4v) is 4.08. The van der Waals surface area contributed by atoms with E-state index in [1.807, 2.05) is 19.1 Å². The molecule has 0 fully saturated rings. The molecule has 1 rings (SSSR count). The number of unbranched alkanes of at least 4 members (excludes halogenated alkanes) is 7. The first-order chi connectivity index (χ1) is 15.4. The van der Waals surface area contributed by atoms with Crippen molar-refractivity contribution in [2.75, 3.05) is 31.6 Å². The number of esters is 1. The summed E-state index contributed by atoms with van der Waals surface area (Å²) in [6.07, 6.45) is 9.46. The van der Waals surface area contributed by atoms with Gasteiger partial charge in [-0.15, -0.1) is 24.0 Å². The smallest absolute Gasteiger partial charge is 0.345 e. The maximum absolute atomic E-state index is 13.3. The zero-order valence-corrected chi connectivity index (χ0v) is 23.3. The lowest BCUT2D eigenvalue weighted by Gasteiger charge is -2.34. The van der Waals surface area contributed by atoms with Crippen molar-refractivity contribution in [3.8, 4) is 0 Å². The number of hydrogen-bond acceptors (Lipinski definition) is 4. The summed E-state index contributed by atoms with van der Waals surface area (Å²) in [5.74, 6) is -0.0434. The number of rotatable bonds is 16. The largest absolute Gasteiger partial charge is 0.466 e. The first kappa shape index (κ1) is 31.5. The predicted molar refractivity (Wildman–Crippen MR) is 145 cm³/mol. The van der Waals surface area contributed by atoms with E-state index in [1.54, 1.807) is 12.1 Å². The van der Waals surface area contributed by atoms with Gasteiger partial charge in [-0.2, -0.15) is 0 Å². The molecule has 0 saturated carbocycles. The highest BCUT2D eigenvalue weighted by atomic mass is 127. The van der Waals surface area contributed by atoms with Crippen molar-refractivity contribution >= 4 is 47.4 Å². The van der Waals surface area contributed by atoms with E-state index in [0.29, 0.717) is 28.8 Å². The Morgan fingerprint density at radius 3 is 1.82 bits per heavy atom. The van der Waals surface area contributed by atoms with Crippen LogP contribution in [0.1, 0.15) is 95.8 Å². The molecule has 2 amide bonds. The molecular weight excluding hydrogens is 531 g/mol. The van der Waals surface area contributed by atoms with Gasteiger partial charge >= 0.3 is 11.9 Å². The monoisotopic (exact) mass is 575 g/mol. The Labute approximate surface area is 217 Å². The van der Waals surface area contributed by atoms with Crippen molar-refractivity contribution in [2.24, 2.45) is 0 Å². The van der Waals surface area contributed by atoms with E-state index >= 15 is 0 Å². The molecule has 0 aromatic heterocycles. The number of ether oxygens (including phenoxy) is 1. The zero-order valence-electron chi connectivity index (χ0n) is 21.0. The number of hydrogen-bond donors (Lipinski definition) is 1. The van der Waals surface area contributed by atoms with Gasteiger partial charge in [0.15, 0.2) is 0 Å². The summed E-state index contributed by atoms with van der Waals surface area (Å²) in [7, 11) is 0. The zero-order chi connectivity index (χ0) is 23.8. The number of halogens is 1. The summed E-state index contributed by atoms with van der Waals surface area (Å²) in [6.45, 7) is 10.4. The molecule has 0 aliphatic rings. The van der Waals surface area contributed by atoms with Gasteiger partial charge in [0.05, 0.1) is 31.8 Å². The predicted octanol–water partition coefficient (Wildman–Crippen LogP) is 6.33. The summed E-state index contributed by atoms with van der Waals surface area (Å²) >= 11 is 0. The quantitative estimate of drug-likeness (QED) is 0.108. The summed E-state index contributed by atoms with van der Waals surface area (Å²) in [4.78, 5) is 35.8. The average molecular weight is 576 g/mol. The Kier molecular flexibility index (Phi) is 17.1. The molecule has 0 heterocycles. The normalized spacial score (nSPS) is 10.9. The van der Waals surface area contributed by atoms with Crippen molar-refractivity contribution in [1.82, 2.24) is 0 Å². The SMILES string of the molecule is CCOC(=O)CCCCCCCCCC[N+](CC)(CC)C(=O)c1ccc(NC(C)=O)cc1.I. The van der Waals surface area contributed by atoms with Crippen LogP contribution in [0.2, 0.25) is 0 Å². The summed E-state index contributed by atoms with van der Waals surface area (Å²) in [5.41, 5.74) is 1.41. The average Bonchev–Trinajstić information content (AvgIpc) is 2.78. The lowest BCUT2D eigenvalue weighted by atomic mass is 10.1. The third kappa shape index (κ3) is 12.0. The fourth-order valence-electron chi connectivity index (χ4n) is 4.08.